The van der Waals surface area contributed by atoms with Gasteiger partial charge in [0.15, 0.2) is 0 Å². The van der Waals surface area contributed by atoms with E-state index in [2.05, 4.69) is 15.6 Å². The Kier molecular flexibility index (Phi) is 6.33. The van der Waals surface area contributed by atoms with Crippen LogP contribution in [0.3, 0.4) is 0 Å². The number of nitrogens with zero attached hydrogens (tertiary/aromatic N) is 3. The number of hydrogen-bond acceptors (Lipinski definition) is 4. The molecule has 3 N–H and O–H groups in total. The summed E-state index contributed by atoms with van der Waals surface area (Å²) in [6.07, 6.45) is 1.81. The molecule has 1 heterocycles. The summed E-state index contributed by atoms with van der Waals surface area (Å²) in [5.74, 6) is -0.282. The maximum absolute atomic E-state index is 11.8. The summed E-state index contributed by atoms with van der Waals surface area (Å²) in [5, 5.41) is 11.0. The third-order valence-electron chi connectivity index (χ3n) is 3.14. The zero-order valence-electron chi connectivity index (χ0n) is 12.1. The molecule has 0 aliphatic carbocycles. The summed E-state index contributed by atoms with van der Waals surface area (Å²) in [6.45, 7) is 4.00. The van der Waals surface area contributed by atoms with Crippen molar-refractivity contribution in [2.24, 2.45) is 11.7 Å². The van der Waals surface area contributed by atoms with Gasteiger partial charge >= 0.3 is 0 Å². The average molecular weight is 310 g/mol. The molecule has 1 aromatic heterocycles. The number of aromatic nitrogens is 3. The lowest BCUT2D eigenvalue weighted by atomic mass is 10.1. The highest BCUT2D eigenvalue weighted by Crippen LogP contribution is 2.12. The molecule has 0 saturated heterocycles. The van der Waals surface area contributed by atoms with Gasteiger partial charge in [0.25, 0.3) is 0 Å². The molecule has 0 fully saturated rings. The Balaban J connectivity index is 0.00000220. The number of carbonyl (C=O) groups excluding carboxylic acids is 1. The second kappa shape index (κ2) is 7.75. The van der Waals surface area contributed by atoms with Crippen LogP contribution in [-0.4, -0.2) is 27.4 Å². The van der Waals surface area contributed by atoms with Gasteiger partial charge in [0.05, 0.1) is 17.9 Å². The van der Waals surface area contributed by atoms with E-state index in [0.29, 0.717) is 12.2 Å². The molecule has 2 unspecified atom stereocenters. The molecular weight excluding hydrogens is 290 g/mol. The maximum Gasteiger partial charge on any atom is 0.224 e. The molecule has 0 radical (unpaired) electrons. The fourth-order valence-corrected chi connectivity index (χ4v) is 1.72. The van der Waals surface area contributed by atoms with Gasteiger partial charge in [-0.15, -0.1) is 17.5 Å². The minimum absolute atomic E-state index is 0. The summed E-state index contributed by atoms with van der Waals surface area (Å²) in [7, 11) is 0. The third kappa shape index (κ3) is 4.27. The number of para-hydroxylation sites is 1. The predicted molar refractivity (Wildman–Crippen MR) is 83.4 cm³/mol. The molecule has 114 valence electrons. The number of carbonyl (C=O) groups is 1. The van der Waals surface area contributed by atoms with Crippen LogP contribution in [0, 0.1) is 5.92 Å². The fraction of sp³-hybridized carbons (Fsp3) is 0.357. The van der Waals surface area contributed by atoms with E-state index in [-0.39, 0.29) is 30.3 Å². The van der Waals surface area contributed by atoms with Crippen LogP contribution >= 0.6 is 12.4 Å². The normalized spacial score (nSPS) is 13.1. The van der Waals surface area contributed by atoms with E-state index in [0.717, 1.165) is 5.69 Å². The van der Waals surface area contributed by atoms with Crippen molar-refractivity contribution in [1.29, 1.82) is 0 Å². The molecule has 2 aromatic rings. The molecule has 0 saturated carbocycles. The Hall–Kier alpha value is -1.92. The van der Waals surface area contributed by atoms with Crippen LogP contribution in [0.5, 0.6) is 0 Å². The monoisotopic (exact) mass is 309 g/mol. The Morgan fingerprint density at radius 1 is 1.33 bits per heavy atom. The minimum atomic E-state index is -0.207. The largest absolute Gasteiger partial charge is 0.348 e. The number of benzene rings is 1. The zero-order chi connectivity index (χ0) is 14.5. The number of amides is 1. The van der Waals surface area contributed by atoms with E-state index in [1.807, 2.05) is 43.5 Å². The standard InChI is InChI=1S/C14H19N5O.ClH/c1-10(8-15)14(20)16-11(2)13-9-19(18-17-13)12-6-4-3-5-7-12;/h3-7,9-11H,8,15H2,1-2H3,(H,16,20);1H. The first-order valence-corrected chi connectivity index (χ1v) is 6.60. The van der Waals surface area contributed by atoms with Gasteiger partial charge in [-0.05, 0) is 19.1 Å². The second-order valence-electron chi connectivity index (χ2n) is 4.79. The van der Waals surface area contributed by atoms with E-state index >= 15 is 0 Å². The predicted octanol–water partition coefficient (Wildman–Crippen LogP) is 1.46. The van der Waals surface area contributed by atoms with Gasteiger partial charge < -0.3 is 11.1 Å². The van der Waals surface area contributed by atoms with Gasteiger partial charge in [0.2, 0.25) is 5.91 Å². The van der Waals surface area contributed by atoms with Crippen molar-refractivity contribution in [3.05, 3.63) is 42.2 Å². The summed E-state index contributed by atoms with van der Waals surface area (Å²) < 4.78 is 1.68. The quantitative estimate of drug-likeness (QED) is 0.875. The van der Waals surface area contributed by atoms with Crippen molar-refractivity contribution in [2.75, 3.05) is 6.54 Å². The van der Waals surface area contributed by atoms with Gasteiger partial charge in [-0.3, -0.25) is 4.79 Å². The van der Waals surface area contributed by atoms with E-state index in [1.165, 1.54) is 0 Å². The molecule has 2 rings (SSSR count). The van der Waals surface area contributed by atoms with Gasteiger partial charge in [0.1, 0.15) is 5.69 Å². The lowest BCUT2D eigenvalue weighted by Crippen LogP contribution is -2.35. The van der Waals surface area contributed by atoms with Crippen LogP contribution in [0.15, 0.2) is 36.5 Å². The Morgan fingerprint density at radius 2 is 2.00 bits per heavy atom. The SMILES string of the molecule is CC(CN)C(=O)NC(C)c1cn(-c2ccccc2)nn1.Cl. The van der Waals surface area contributed by atoms with Crippen LogP contribution in [0.25, 0.3) is 5.69 Å². The van der Waals surface area contributed by atoms with Crippen LogP contribution in [-0.2, 0) is 4.79 Å². The van der Waals surface area contributed by atoms with Crippen LogP contribution in [0.4, 0.5) is 0 Å². The molecule has 21 heavy (non-hydrogen) atoms. The van der Waals surface area contributed by atoms with Gasteiger partial charge in [0, 0.05) is 12.5 Å². The number of hydrogen-bond donors (Lipinski definition) is 2. The molecule has 0 aliphatic rings. The topological polar surface area (TPSA) is 85.8 Å². The summed E-state index contributed by atoms with van der Waals surface area (Å²) in [6, 6.07) is 9.50. The third-order valence-corrected chi connectivity index (χ3v) is 3.14. The van der Waals surface area contributed by atoms with E-state index in [4.69, 9.17) is 5.73 Å². The molecule has 0 aliphatic heterocycles. The Morgan fingerprint density at radius 3 is 2.62 bits per heavy atom. The van der Waals surface area contributed by atoms with Gasteiger partial charge in [-0.2, -0.15) is 0 Å². The van der Waals surface area contributed by atoms with Crippen molar-refractivity contribution >= 4 is 18.3 Å². The number of nitrogens with two attached hydrogens (primary N) is 1. The van der Waals surface area contributed by atoms with Crippen LogP contribution in [0.1, 0.15) is 25.6 Å². The minimum Gasteiger partial charge on any atom is -0.348 e. The van der Waals surface area contributed by atoms with Crippen LogP contribution in [0.2, 0.25) is 0 Å². The number of rotatable bonds is 5. The number of nitrogens with one attached hydrogen (secondary N) is 1. The average Bonchev–Trinajstić information content (AvgIpc) is 2.97. The molecule has 2 atom stereocenters. The Bertz CT molecular complexity index is 572. The van der Waals surface area contributed by atoms with E-state index in [1.54, 1.807) is 11.6 Å². The smallest absolute Gasteiger partial charge is 0.224 e. The molecule has 1 amide bonds. The molecule has 6 nitrogen and oxygen atoms in total. The fourth-order valence-electron chi connectivity index (χ4n) is 1.72. The van der Waals surface area contributed by atoms with Crippen molar-refractivity contribution in [3.63, 3.8) is 0 Å². The van der Waals surface area contributed by atoms with Crippen molar-refractivity contribution in [2.45, 2.75) is 19.9 Å². The van der Waals surface area contributed by atoms with Gasteiger partial charge in [-0.25, -0.2) is 4.68 Å². The molecule has 1 aromatic carbocycles. The van der Waals surface area contributed by atoms with E-state index < -0.39 is 0 Å². The highest BCUT2D eigenvalue weighted by molar-refractivity contribution is 5.85. The molecule has 0 spiro atoms. The molecule has 7 heteroatoms. The highest BCUT2D eigenvalue weighted by Gasteiger charge is 2.17. The lowest BCUT2D eigenvalue weighted by Gasteiger charge is -2.14. The Labute approximate surface area is 130 Å². The first kappa shape index (κ1) is 17.1. The zero-order valence-corrected chi connectivity index (χ0v) is 12.9. The van der Waals surface area contributed by atoms with Gasteiger partial charge in [-0.1, -0.05) is 30.3 Å². The number of halogens is 1. The molecular formula is C14H20ClN5O. The van der Waals surface area contributed by atoms with Crippen molar-refractivity contribution < 1.29 is 4.79 Å². The lowest BCUT2D eigenvalue weighted by molar-refractivity contribution is -0.124. The van der Waals surface area contributed by atoms with Crippen molar-refractivity contribution in [3.8, 4) is 5.69 Å². The first-order chi connectivity index (χ1) is 9.61. The maximum atomic E-state index is 11.8. The summed E-state index contributed by atoms with van der Waals surface area (Å²) in [5.41, 5.74) is 7.12. The molecule has 0 bridgehead atoms. The summed E-state index contributed by atoms with van der Waals surface area (Å²) >= 11 is 0. The second-order valence-corrected chi connectivity index (χ2v) is 4.79. The highest BCUT2D eigenvalue weighted by atomic mass is 35.5. The van der Waals surface area contributed by atoms with Crippen LogP contribution < -0.4 is 11.1 Å². The van der Waals surface area contributed by atoms with E-state index in [9.17, 15) is 4.79 Å². The van der Waals surface area contributed by atoms with Crippen molar-refractivity contribution in [1.82, 2.24) is 20.3 Å². The summed E-state index contributed by atoms with van der Waals surface area (Å²) in [4.78, 5) is 11.8. The first-order valence-electron chi connectivity index (χ1n) is 6.60.